The zero-order valence-electron chi connectivity index (χ0n) is 9.32. The fourth-order valence-corrected chi connectivity index (χ4v) is 1.98. The molecule has 1 rings (SSSR count). The summed E-state index contributed by atoms with van der Waals surface area (Å²) in [5.74, 6) is 1.73. The van der Waals surface area contributed by atoms with Crippen molar-refractivity contribution in [3.8, 4) is 5.75 Å². The fourth-order valence-electron chi connectivity index (χ4n) is 1.24. The Kier molecular flexibility index (Phi) is 4.69. The van der Waals surface area contributed by atoms with Crippen molar-refractivity contribution in [3.63, 3.8) is 0 Å². The van der Waals surface area contributed by atoms with Crippen LogP contribution in [0.5, 0.6) is 5.75 Å². The lowest BCUT2D eigenvalue weighted by atomic mass is 10.1. The summed E-state index contributed by atoms with van der Waals surface area (Å²) in [5.41, 5.74) is 1.79. The van der Waals surface area contributed by atoms with Crippen LogP contribution in [-0.2, 0) is 5.75 Å². The first-order chi connectivity index (χ1) is 7.17. The molecule has 0 fully saturated rings. The molecule has 3 heteroatoms. The number of carbonyl (C=O) groups is 1. The molecule has 0 heterocycles. The first-order valence-electron chi connectivity index (χ1n) is 4.91. The second-order valence-electron chi connectivity index (χ2n) is 3.55. The molecule has 15 heavy (non-hydrogen) atoms. The lowest BCUT2D eigenvalue weighted by Gasteiger charge is -2.10. The van der Waals surface area contributed by atoms with Crippen LogP contribution in [-0.4, -0.2) is 18.6 Å². The molecule has 0 saturated heterocycles. The van der Waals surface area contributed by atoms with Gasteiger partial charge in [-0.05, 0) is 23.4 Å². The molecule has 0 radical (unpaired) electrons. The molecule has 0 aliphatic carbocycles. The SMILES string of the molecule is COc1ccc(C=O)cc1CSC(C)C. The van der Waals surface area contributed by atoms with Gasteiger partial charge in [-0.3, -0.25) is 4.79 Å². The van der Waals surface area contributed by atoms with Crippen LogP contribution in [0.25, 0.3) is 0 Å². The van der Waals surface area contributed by atoms with Gasteiger partial charge in [0.05, 0.1) is 7.11 Å². The van der Waals surface area contributed by atoms with Crippen LogP contribution in [0.15, 0.2) is 18.2 Å². The van der Waals surface area contributed by atoms with Gasteiger partial charge in [-0.1, -0.05) is 13.8 Å². The number of hydrogen-bond acceptors (Lipinski definition) is 3. The number of aldehydes is 1. The highest BCUT2D eigenvalue weighted by atomic mass is 32.2. The van der Waals surface area contributed by atoms with Crippen molar-refractivity contribution >= 4 is 18.0 Å². The predicted octanol–water partition coefficient (Wildman–Crippen LogP) is 3.15. The molecule has 82 valence electrons. The third kappa shape index (κ3) is 3.59. The van der Waals surface area contributed by atoms with Crippen LogP contribution in [0.1, 0.15) is 29.8 Å². The Balaban J connectivity index is 2.85. The van der Waals surface area contributed by atoms with E-state index < -0.39 is 0 Å². The number of thioether (sulfide) groups is 1. The monoisotopic (exact) mass is 224 g/mol. The Hall–Kier alpha value is -0.960. The van der Waals surface area contributed by atoms with Gasteiger partial charge in [0.1, 0.15) is 12.0 Å². The molecule has 0 saturated carbocycles. The number of hydrogen-bond donors (Lipinski definition) is 0. The van der Waals surface area contributed by atoms with Gasteiger partial charge < -0.3 is 4.74 Å². The third-order valence-corrected chi connectivity index (χ3v) is 3.16. The lowest BCUT2D eigenvalue weighted by molar-refractivity contribution is 0.112. The van der Waals surface area contributed by atoms with E-state index in [0.29, 0.717) is 10.8 Å². The smallest absolute Gasteiger partial charge is 0.150 e. The van der Waals surface area contributed by atoms with Crippen molar-refractivity contribution in [2.45, 2.75) is 24.9 Å². The quantitative estimate of drug-likeness (QED) is 0.719. The number of ether oxygens (including phenoxy) is 1. The van der Waals surface area contributed by atoms with Gasteiger partial charge in [-0.15, -0.1) is 0 Å². The minimum absolute atomic E-state index is 0.578. The molecule has 0 spiro atoms. The average Bonchev–Trinajstić information content (AvgIpc) is 2.25. The second kappa shape index (κ2) is 5.81. The maximum atomic E-state index is 10.6. The highest BCUT2D eigenvalue weighted by Crippen LogP contribution is 2.25. The molecular formula is C12H16O2S. The van der Waals surface area contributed by atoms with Crippen LogP contribution in [0.2, 0.25) is 0 Å². The van der Waals surface area contributed by atoms with Gasteiger partial charge in [0, 0.05) is 16.9 Å². The topological polar surface area (TPSA) is 26.3 Å². The summed E-state index contributed by atoms with van der Waals surface area (Å²) < 4.78 is 5.25. The maximum Gasteiger partial charge on any atom is 0.150 e. The van der Waals surface area contributed by atoms with Gasteiger partial charge in [0.25, 0.3) is 0 Å². The summed E-state index contributed by atoms with van der Waals surface area (Å²) in [5, 5.41) is 0.578. The van der Waals surface area contributed by atoms with E-state index in [-0.39, 0.29) is 0 Å². The maximum absolute atomic E-state index is 10.6. The fraction of sp³-hybridized carbons (Fsp3) is 0.417. The minimum Gasteiger partial charge on any atom is -0.496 e. The van der Waals surface area contributed by atoms with E-state index in [2.05, 4.69) is 13.8 Å². The molecule has 2 nitrogen and oxygen atoms in total. The summed E-state index contributed by atoms with van der Waals surface area (Å²) in [6, 6.07) is 5.51. The van der Waals surface area contributed by atoms with Gasteiger partial charge >= 0.3 is 0 Å². The zero-order chi connectivity index (χ0) is 11.3. The van der Waals surface area contributed by atoms with Crippen molar-refractivity contribution in [3.05, 3.63) is 29.3 Å². The Morgan fingerprint density at radius 3 is 2.73 bits per heavy atom. The van der Waals surface area contributed by atoms with E-state index in [0.717, 1.165) is 23.4 Å². The molecule has 0 amide bonds. The number of rotatable bonds is 5. The number of methoxy groups -OCH3 is 1. The van der Waals surface area contributed by atoms with Crippen molar-refractivity contribution in [2.75, 3.05) is 7.11 Å². The predicted molar refractivity (Wildman–Crippen MR) is 64.8 cm³/mol. The van der Waals surface area contributed by atoms with Crippen LogP contribution >= 0.6 is 11.8 Å². The van der Waals surface area contributed by atoms with E-state index >= 15 is 0 Å². The Morgan fingerprint density at radius 2 is 2.20 bits per heavy atom. The molecule has 0 aliphatic heterocycles. The summed E-state index contributed by atoms with van der Waals surface area (Å²) in [6.07, 6.45) is 0.864. The van der Waals surface area contributed by atoms with Crippen LogP contribution in [0.3, 0.4) is 0 Å². The van der Waals surface area contributed by atoms with E-state index in [1.165, 1.54) is 0 Å². The number of carbonyl (C=O) groups excluding carboxylic acids is 1. The summed E-state index contributed by atoms with van der Waals surface area (Å²) in [7, 11) is 1.65. The molecular weight excluding hydrogens is 208 g/mol. The Morgan fingerprint density at radius 1 is 1.47 bits per heavy atom. The van der Waals surface area contributed by atoms with Gasteiger partial charge in [-0.25, -0.2) is 0 Å². The highest BCUT2D eigenvalue weighted by Gasteiger charge is 2.05. The third-order valence-electron chi connectivity index (χ3n) is 2.01. The standard InChI is InChI=1S/C12H16O2S/c1-9(2)15-8-11-6-10(7-13)4-5-12(11)14-3/h4-7,9H,8H2,1-3H3. The normalized spacial score (nSPS) is 10.4. The van der Waals surface area contributed by atoms with Crippen molar-refractivity contribution in [2.24, 2.45) is 0 Å². The molecule has 0 unspecified atom stereocenters. The average molecular weight is 224 g/mol. The second-order valence-corrected chi connectivity index (χ2v) is 5.11. The molecule has 0 atom stereocenters. The Bertz CT molecular complexity index is 334. The van der Waals surface area contributed by atoms with Crippen molar-refractivity contribution in [1.82, 2.24) is 0 Å². The van der Waals surface area contributed by atoms with Crippen molar-refractivity contribution < 1.29 is 9.53 Å². The molecule has 0 aliphatic rings. The van der Waals surface area contributed by atoms with E-state index in [9.17, 15) is 4.79 Å². The van der Waals surface area contributed by atoms with Gasteiger partial charge in [0.15, 0.2) is 0 Å². The van der Waals surface area contributed by atoms with Gasteiger partial charge in [-0.2, -0.15) is 11.8 Å². The first-order valence-corrected chi connectivity index (χ1v) is 5.96. The van der Waals surface area contributed by atoms with Gasteiger partial charge in [0.2, 0.25) is 0 Å². The Labute approximate surface area is 95.0 Å². The molecule has 1 aromatic carbocycles. The van der Waals surface area contributed by atoms with E-state index in [4.69, 9.17) is 4.74 Å². The van der Waals surface area contributed by atoms with E-state index in [1.807, 2.05) is 23.9 Å². The zero-order valence-corrected chi connectivity index (χ0v) is 10.1. The summed E-state index contributed by atoms with van der Waals surface area (Å²) in [4.78, 5) is 10.6. The largest absolute Gasteiger partial charge is 0.496 e. The van der Waals surface area contributed by atoms with Crippen LogP contribution in [0, 0.1) is 0 Å². The molecule has 0 bridgehead atoms. The minimum atomic E-state index is 0.578. The van der Waals surface area contributed by atoms with E-state index in [1.54, 1.807) is 13.2 Å². The molecule has 0 aromatic heterocycles. The van der Waals surface area contributed by atoms with Crippen molar-refractivity contribution in [1.29, 1.82) is 0 Å². The summed E-state index contributed by atoms with van der Waals surface area (Å²) >= 11 is 1.84. The summed E-state index contributed by atoms with van der Waals surface area (Å²) in [6.45, 7) is 4.31. The number of benzene rings is 1. The molecule has 0 N–H and O–H groups in total. The highest BCUT2D eigenvalue weighted by molar-refractivity contribution is 7.99. The molecule has 1 aromatic rings. The first kappa shape index (κ1) is 12.1. The van der Waals surface area contributed by atoms with Crippen LogP contribution in [0.4, 0.5) is 0 Å². The lowest BCUT2D eigenvalue weighted by Crippen LogP contribution is -1.95. The van der Waals surface area contributed by atoms with Crippen LogP contribution < -0.4 is 4.74 Å².